The van der Waals surface area contributed by atoms with Crippen molar-refractivity contribution in [3.8, 4) is 0 Å². The maximum absolute atomic E-state index is 11.8. The van der Waals surface area contributed by atoms with Crippen LogP contribution in [0.25, 0.3) is 0 Å². The highest BCUT2D eigenvalue weighted by Gasteiger charge is 2.26. The Morgan fingerprint density at radius 1 is 1.35 bits per heavy atom. The molecule has 0 aromatic rings. The monoisotopic (exact) mass is 261 g/mol. The van der Waals surface area contributed by atoms with Gasteiger partial charge < -0.3 is 10.2 Å². The van der Waals surface area contributed by atoms with Gasteiger partial charge in [0.2, 0.25) is 10.0 Å². The molecule has 2 aliphatic rings. The van der Waals surface area contributed by atoms with Crippen molar-refractivity contribution < 1.29 is 8.42 Å². The van der Waals surface area contributed by atoms with Crippen molar-refractivity contribution >= 4 is 10.0 Å². The predicted molar refractivity (Wildman–Crippen MR) is 68.5 cm³/mol. The van der Waals surface area contributed by atoms with Gasteiger partial charge in [-0.1, -0.05) is 0 Å². The van der Waals surface area contributed by atoms with Gasteiger partial charge in [0.15, 0.2) is 0 Å². The molecule has 0 bridgehead atoms. The number of likely N-dealkylation sites (N-methyl/N-ethyl adjacent to an activating group) is 1. The van der Waals surface area contributed by atoms with Gasteiger partial charge >= 0.3 is 0 Å². The number of hydrogen-bond acceptors (Lipinski definition) is 4. The molecule has 0 aromatic carbocycles. The van der Waals surface area contributed by atoms with Crippen LogP contribution in [0.3, 0.4) is 0 Å². The van der Waals surface area contributed by atoms with Crippen LogP contribution in [-0.4, -0.2) is 57.8 Å². The first kappa shape index (κ1) is 13.3. The van der Waals surface area contributed by atoms with Gasteiger partial charge in [-0.25, -0.2) is 13.1 Å². The molecule has 1 atom stereocenters. The summed E-state index contributed by atoms with van der Waals surface area (Å²) < 4.78 is 26.3. The summed E-state index contributed by atoms with van der Waals surface area (Å²) in [6.45, 7) is 2.29. The van der Waals surface area contributed by atoms with Gasteiger partial charge in [0.25, 0.3) is 0 Å². The molecular weight excluding hydrogens is 238 g/mol. The number of nitrogens with zero attached hydrogens (tertiary/aromatic N) is 1. The van der Waals surface area contributed by atoms with Crippen molar-refractivity contribution in [1.29, 1.82) is 0 Å². The largest absolute Gasteiger partial charge is 0.313 e. The molecule has 2 rings (SSSR count). The van der Waals surface area contributed by atoms with Gasteiger partial charge in [0.05, 0.1) is 5.75 Å². The van der Waals surface area contributed by atoms with E-state index in [1.165, 1.54) is 12.8 Å². The second-order valence-electron chi connectivity index (χ2n) is 5.18. The maximum Gasteiger partial charge on any atom is 0.213 e. The zero-order valence-corrected chi connectivity index (χ0v) is 11.3. The molecule has 0 amide bonds. The van der Waals surface area contributed by atoms with E-state index in [-0.39, 0.29) is 11.8 Å². The fourth-order valence-electron chi connectivity index (χ4n) is 2.30. The molecule has 2 fully saturated rings. The first-order chi connectivity index (χ1) is 8.07. The van der Waals surface area contributed by atoms with E-state index in [9.17, 15) is 8.42 Å². The highest BCUT2D eigenvalue weighted by atomic mass is 32.2. The summed E-state index contributed by atoms with van der Waals surface area (Å²) in [7, 11) is -1.05. The molecule has 1 aliphatic heterocycles. The van der Waals surface area contributed by atoms with Crippen LogP contribution in [0.2, 0.25) is 0 Å². The first-order valence-electron chi connectivity index (χ1n) is 6.48. The van der Waals surface area contributed by atoms with E-state index in [0.717, 1.165) is 25.9 Å². The van der Waals surface area contributed by atoms with Crippen molar-refractivity contribution in [1.82, 2.24) is 14.9 Å². The Morgan fingerprint density at radius 2 is 2.12 bits per heavy atom. The summed E-state index contributed by atoms with van der Waals surface area (Å²) in [5.41, 5.74) is 0. The quantitative estimate of drug-likeness (QED) is 0.663. The average molecular weight is 261 g/mol. The van der Waals surface area contributed by atoms with E-state index in [0.29, 0.717) is 12.6 Å². The molecule has 1 saturated heterocycles. The van der Waals surface area contributed by atoms with E-state index >= 15 is 0 Å². The molecule has 1 unspecified atom stereocenters. The Morgan fingerprint density at radius 3 is 2.71 bits per heavy atom. The summed E-state index contributed by atoms with van der Waals surface area (Å²) in [6, 6.07) is 0.838. The van der Waals surface area contributed by atoms with Gasteiger partial charge in [-0.3, -0.25) is 0 Å². The van der Waals surface area contributed by atoms with Crippen LogP contribution in [0.4, 0.5) is 0 Å². The molecule has 0 radical (unpaired) electrons. The van der Waals surface area contributed by atoms with Crippen LogP contribution >= 0.6 is 0 Å². The fourth-order valence-corrected chi connectivity index (χ4v) is 3.63. The molecule has 5 nitrogen and oxygen atoms in total. The zero-order chi connectivity index (χ0) is 12.3. The Balaban J connectivity index is 1.65. The molecule has 2 N–H and O–H groups in total. The Labute approximate surface area is 104 Å². The van der Waals surface area contributed by atoms with Crippen LogP contribution in [-0.2, 0) is 10.0 Å². The van der Waals surface area contributed by atoms with E-state index in [1.54, 1.807) is 0 Å². The van der Waals surface area contributed by atoms with Crippen LogP contribution < -0.4 is 10.0 Å². The minimum Gasteiger partial charge on any atom is -0.313 e. The minimum atomic E-state index is -3.11. The van der Waals surface area contributed by atoms with Crippen LogP contribution in [0.5, 0.6) is 0 Å². The minimum absolute atomic E-state index is 0.147. The predicted octanol–water partition coefficient (Wildman–Crippen LogP) is -0.248. The van der Waals surface area contributed by atoms with Crippen LogP contribution in [0.1, 0.15) is 25.7 Å². The average Bonchev–Trinajstić information content (AvgIpc) is 2.99. The fraction of sp³-hybridized carbons (Fsp3) is 1.00. The third kappa shape index (κ3) is 4.54. The van der Waals surface area contributed by atoms with E-state index in [2.05, 4.69) is 22.0 Å². The Bertz CT molecular complexity index is 335. The molecule has 1 aliphatic carbocycles. The molecular formula is C11H23N3O2S. The number of rotatable bonds is 7. The number of nitrogens with one attached hydrogen (secondary N) is 2. The van der Waals surface area contributed by atoms with Crippen molar-refractivity contribution in [2.75, 3.05) is 32.4 Å². The lowest BCUT2D eigenvalue weighted by Crippen LogP contribution is -2.39. The molecule has 17 heavy (non-hydrogen) atoms. The molecule has 6 heteroatoms. The van der Waals surface area contributed by atoms with Crippen LogP contribution in [0.15, 0.2) is 0 Å². The summed E-state index contributed by atoms with van der Waals surface area (Å²) in [4.78, 5) is 2.23. The van der Waals surface area contributed by atoms with Crippen molar-refractivity contribution in [2.24, 2.45) is 0 Å². The normalized spacial score (nSPS) is 25.6. The third-order valence-electron chi connectivity index (χ3n) is 3.54. The van der Waals surface area contributed by atoms with Gasteiger partial charge in [-0.2, -0.15) is 0 Å². The number of sulfonamides is 1. The standard InChI is InChI=1S/C11H23N3O2S/c1-14(11-4-5-11)8-7-13-17(15,16)9-10-3-2-6-12-10/h10-13H,2-9H2,1H3. The summed E-state index contributed by atoms with van der Waals surface area (Å²) >= 11 is 0. The second-order valence-corrected chi connectivity index (χ2v) is 7.03. The Hall–Kier alpha value is -0.170. The first-order valence-corrected chi connectivity index (χ1v) is 8.13. The van der Waals surface area contributed by atoms with Crippen molar-refractivity contribution in [2.45, 2.75) is 37.8 Å². The molecule has 1 heterocycles. The third-order valence-corrected chi connectivity index (χ3v) is 5.02. The lowest BCUT2D eigenvalue weighted by atomic mass is 10.3. The second kappa shape index (κ2) is 5.65. The topological polar surface area (TPSA) is 61.4 Å². The highest BCUT2D eigenvalue weighted by Crippen LogP contribution is 2.24. The van der Waals surface area contributed by atoms with Crippen molar-refractivity contribution in [3.05, 3.63) is 0 Å². The van der Waals surface area contributed by atoms with E-state index in [4.69, 9.17) is 0 Å². The highest BCUT2D eigenvalue weighted by molar-refractivity contribution is 7.89. The van der Waals surface area contributed by atoms with Gasteiger partial charge in [-0.15, -0.1) is 0 Å². The van der Waals surface area contributed by atoms with E-state index in [1.807, 2.05) is 0 Å². The lowest BCUT2D eigenvalue weighted by Gasteiger charge is -2.16. The lowest BCUT2D eigenvalue weighted by molar-refractivity contribution is 0.329. The van der Waals surface area contributed by atoms with Gasteiger partial charge in [-0.05, 0) is 39.3 Å². The summed E-state index contributed by atoms with van der Waals surface area (Å²) in [5.74, 6) is 0.222. The smallest absolute Gasteiger partial charge is 0.213 e. The summed E-state index contributed by atoms with van der Waals surface area (Å²) in [6.07, 6.45) is 4.58. The molecule has 100 valence electrons. The Kier molecular flexibility index (Phi) is 4.41. The van der Waals surface area contributed by atoms with Crippen LogP contribution in [0, 0.1) is 0 Å². The summed E-state index contributed by atoms with van der Waals surface area (Å²) in [5, 5.41) is 3.21. The zero-order valence-electron chi connectivity index (χ0n) is 10.5. The maximum atomic E-state index is 11.8. The van der Waals surface area contributed by atoms with Crippen molar-refractivity contribution in [3.63, 3.8) is 0 Å². The van der Waals surface area contributed by atoms with Gasteiger partial charge in [0, 0.05) is 25.2 Å². The molecule has 0 spiro atoms. The van der Waals surface area contributed by atoms with E-state index < -0.39 is 10.0 Å². The van der Waals surface area contributed by atoms with Gasteiger partial charge in [0.1, 0.15) is 0 Å². The molecule has 0 aromatic heterocycles. The molecule has 1 saturated carbocycles. The SMILES string of the molecule is CN(CCNS(=O)(=O)CC1CCCN1)C1CC1. The number of hydrogen-bond donors (Lipinski definition) is 2.